The number of aliphatic carboxylic acids is 1. The zero-order valence-electron chi connectivity index (χ0n) is 9.24. The van der Waals surface area contributed by atoms with Gasteiger partial charge >= 0.3 is 5.97 Å². The number of anilines is 1. The van der Waals surface area contributed by atoms with Crippen LogP contribution in [0.4, 0.5) is 10.1 Å². The fourth-order valence-corrected chi connectivity index (χ4v) is 1.25. The summed E-state index contributed by atoms with van der Waals surface area (Å²) in [5, 5.41) is 11.0. The molecule has 1 unspecified atom stereocenters. The van der Waals surface area contributed by atoms with Crippen molar-refractivity contribution in [1.82, 2.24) is 5.32 Å². The number of amides is 1. The molecule has 0 aliphatic heterocycles. The van der Waals surface area contributed by atoms with Gasteiger partial charge in [-0.3, -0.25) is 4.79 Å². The van der Waals surface area contributed by atoms with Gasteiger partial charge in [-0.2, -0.15) is 0 Å². The summed E-state index contributed by atoms with van der Waals surface area (Å²) < 4.78 is 13.1. The highest BCUT2D eigenvalue weighted by Crippen LogP contribution is 2.12. The molecule has 6 heteroatoms. The molecule has 0 aliphatic rings. The van der Waals surface area contributed by atoms with Crippen molar-refractivity contribution < 1.29 is 19.1 Å². The average Bonchev–Trinajstić information content (AvgIpc) is 2.28. The first-order valence-electron chi connectivity index (χ1n) is 5.04. The first-order chi connectivity index (χ1) is 7.95. The van der Waals surface area contributed by atoms with Crippen LogP contribution < -0.4 is 11.1 Å². The molecule has 0 saturated carbocycles. The third-order valence-corrected chi connectivity index (χ3v) is 2.27. The summed E-state index contributed by atoms with van der Waals surface area (Å²) in [5.74, 6) is -2.48. The molecule has 17 heavy (non-hydrogen) atoms. The third-order valence-electron chi connectivity index (χ3n) is 2.27. The van der Waals surface area contributed by atoms with Gasteiger partial charge in [0.1, 0.15) is 11.9 Å². The Balaban J connectivity index is 2.82. The fraction of sp³-hybridized carbons (Fsp3) is 0.273. The number of benzene rings is 1. The molecule has 0 spiro atoms. The number of halogens is 1. The first-order valence-corrected chi connectivity index (χ1v) is 5.04. The number of carbonyl (C=O) groups excluding carboxylic acids is 1. The first kappa shape index (κ1) is 13.0. The Labute approximate surface area is 97.4 Å². The van der Waals surface area contributed by atoms with Gasteiger partial charge in [0.15, 0.2) is 0 Å². The molecule has 1 aromatic carbocycles. The number of carboxylic acids is 1. The van der Waals surface area contributed by atoms with E-state index in [0.29, 0.717) is 0 Å². The molecule has 0 radical (unpaired) electrons. The van der Waals surface area contributed by atoms with Gasteiger partial charge in [-0.1, -0.05) is 6.92 Å². The van der Waals surface area contributed by atoms with E-state index in [1.54, 1.807) is 6.92 Å². The third kappa shape index (κ3) is 3.17. The van der Waals surface area contributed by atoms with Crippen molar-refractivity contribution in [3.05, 3.63) is 29.6 Å². The Hall–Kier alpha value is -2.11. The predicted octanol–water partition coefficient (Wildman–Crippen LogP) is 1.00. The second-order valence-corrected chi connectivity index (χ2v) is 3.51. The summed E-state index contributed by atoms with van der Waals surface area (Å²) in [4.78, 5) is 22.3. The molecule has 0 fully saturated rings. The monoisotopic (exact) mass is 240 g/mol. The number of nitrogens with two attached hydrogens (primary N) is 1. The minimum absolute atomic E-state index is 0.0383. The lowest BCUT2D eigenvalue weighted by Crippen LogP contribution is -2.40. The van der Waals surface area contributed by atoms with E-state index in [4.69, 9.17) is 10.8 Å². The Morgan fingerprint density at radius 1 is 1.53 bits per heavy atom. The van der Waals surface area contributed by atoms with E-state index < -0.39 is 23.7 Å². The molecule has 1 amide bonds. The van der Waals surface area contributed by atoms with E-state index in [1.807, 2.05) is 0 Å². The SMILES string of the molecule is CCC(NC(=O)c1ccc(N)c(F)c1)C(=O)O. The average molecular weight is 240 g/mol. The van der Waals surface area contributed by atoms with Crippen LogP contribution in [0.25, 0.3) is 0 Å². The maximum Gasteiger partial charge on any atom is 0.326 e. The smallest absolute Gasteiger partial charge is 0.326 e. The number of nitrogens with one attached hydrogen (secondary N) is 1. The van der Waals surface area contributed by atoms with Crippen molar-refractivity contribution in [2.24, 2.45) is 0 Å². The molecule has 1 atom stereocenters. The molecule has 5 nitrogen and oxygen atoms in total. The maximum atomic E-state index is 13.1. The van der Waals surface area contributed by atoms with Gasteiger partial charge in [0.2, 0.25) is 0 Å². The molecular formula is C11H13FN2O3. The van der Waals surface area contributed by atoms with Gasteiger partial charge < -0.3 is 16.2 Å². The van der Waals surface area contributed by atoms with Gasteiger partial charge in [0.05, 0.1) is 5.69 Å². The number of rotatable bonds is 4. The molecule has 0 aromatic heterocycles. The molecule has 92 valence electrons. The standard InChI is InChI=1S/C11H13FN2O3/c1-2-9(11(16)17)14-10(15)6-3-4-8(13)7(12)5-6/h3-5,9H,2,13H2,1H3,(H,14,15)(H,16,17). The van der Waals surface area contributed by atoms with Crippen LogP contribution in [0, 0.1) is 5.82 Å². The van der Waals surface area contributed by atoms with Crippen molar-refractivity contribution in [3.63, 3.8) is 0 Å². The van der Waals surface area contributed by atoms with Crippen molar-refractivity contribution in [3.8, 4) is 0 Å². The van der Waals surface area contributed by atoms with E-state index in [-0.39, 0.29) is 17.7 Å². The van der Waals surface area contributed by atoms with E-state index >= 15 is 0 Å². The lowest BCUT2D eigenvalue weighted by molar-refractivity contribution is -0.139. The van der Waals surface area contributed by atoms with Crippen LogP contribution in [0.5, 0.6) is 0 Å². The molecule has 0 heterocycles. The van der Waals surface area contributed by atoms with Gasteiger partial charge in [-0.15, -0.1) is 0 Å². The van der Waals surface area contributed by atoms with Crippen LogP contribution in [0.15, 0.2) is 18.2 Å². The normalized spacial score (nSPS) is 11.9. The van der Waals surface area contributed by atoms with Gasteiger partial charge in [0, 0.05) is 5.56 Å². The molecular weight excluding hydrogens is 227 g/mol. The molecule has 0 aliphatic carbocycles. The lowest BCUT2D eigenvalue weighted by Gasteiger charge is -2.12. The Morgan fingerprint density at radius 2 is 2.18 bits per heavy atom. The van der Waals surface area contributed by atoms with Gasteiger partial charge in [-0.05, 0) is 24.6 Å². The number of carbonyl (C=O) groups is 2. The lowest BCUT2D eigenvalue weighted by atomic mass is 10.1. The molecule has 4 N–H and O–H groups in total. The zero-order chi connectivity index (χ0) is 13.0. The minimum atomic E-state index is -1.13. The quantitative estimate of drug-likeness (QED) is 0.684. The van der Waals surface area contributed by atoms with E-state index in [1.165, 1.54) is 12.1 Å². The zero-order valence-corrected chi connectivity index (χ0v) is 9.24. The Morgan fingerprint density at radius 3 is 2.65 bits per heavy atom. The van der Waals surface area contributed by atoms with Crippen LogP contribution in [-0.2, 0) is 4.79 Å². The van der Waals surface area contributed by atoms with E-state index in [9.17, 15) is 14.0 Å². The highest BCUT2D eigenvalue weighted by atomic mass is 19.1. The number of nitrogen functional groups attached to an aromatic ring is 1. The van der Waals surface area contributed by atoms with Gasteiger partial charge in [-0.25, -0.2) is 9.18 Å². The Bertz CT molecular complexity index is 448. The molecule has 0 saturated heterocycles. The Kier molecular flexibility index (Phi) is 4.03. The van der Waals surface area contributed by atoms with Crippen LogP contribution in [0.2, 0.25) is 0 Å². The van der Waals surface area contributed by atoms with Crippen LogP contribution >= 0.6 is 0 Å². The highest BCUT2D eigenvalue weighted by Gasteiger charge is 2.18. The molecule has 0 bridgehead atoms. The van der Waals surface area contributed by atoms with Crippen LogP contribution in [-0.4, -0.2) is 23.0 Å². The second-order valence-electron chi connectivity index (χ2n) is 3.51. The summed E-state index contributed by atoms with van der Waals surface area (Å²) in [7, 11) is 0. The summed E-state index contributed by atoms with van der Waals surface area (Å²) in [6.45, 7) is 1.63. The van der Waals surface area contributed by atoms with E-state index in [0.717, 1.165) is 6.07 Å². The summed E-state index contributed by atoms with van der Waals surface area (Å²) in [5.41, 5.74) is 5.24. The van der Waals surface area contributed by atoms with Crippen LogP contribution in [0.3, 0.4) is 0 Å². The summed E-state index contributed by atoms with van der Waals surface area (Å²) in [6.07, 6.45) is 0.249. The van der Waals surface area contributed by atoms with Crippen molar-refractivity contribution >= 4 is 17.6 Å². The maximum absolute atomic E-state index is 13.1. The number of hydrogen-bond acceptors (Lipinski definition) is 3. The minimum Gasteiger partial charge on any atom is -0.480 e. The van der Waals surface area contributed by atoms with Crippen molar-refractivity contribution in [1.29, 1.82) is 0 Å². The second kappa shape index (κ2) is 5.29. The van der Waals surface area contributed by atoms with Gasteiger partial charge in [0.25, 0.3) is 5.91 Å². The topological polar surface area (TPSA) is 92.4 Å². The number of carboxylic acid groups (broad SMARTS) is 1. The number of hydrogen-bond donors (Lipinski definition) is 3. The summed E-state index contributed by atoms with van der Waals surface area (Å²) >= 11 is 0. The largest absolute Gasteiger partial charge is 0.480 e. The summed E-state index contributed by atoms with van der Waals surface area (Å²) in [6, 6.07) is 2.58. The molecule has 1 rings (SSSR count). The van der Waals surface area contributed by atoms with Crippen molar-refractivity contribution in [2.75, 3.05) is 5.73 Å². The molecule has 1 aromatic rings. The van der Waals surface area contributed by atoms with Crippen LogP contribution in [0.1, 0.15) is 23.7 Å². The van der Waals surface area contributed by atoms with Crippen molar-refractivity contribution in [2.45, 2.75) is 19.4 Å². The fourth-order valence-electron chi connectivity index (χ4n) is 1.25. The highest BCUT2D eigenvalue weighted by molar-refractivity contribution is 5.96. The predicted molar refractivity (Wildman–Crippen MR) is 60.0 cm³/mol. The van der Waals surface area contributed by atoms with E-state index in [2.05, 4.69) is 5.32 Å².